The third-order valence-electron chi connectivity index (χ3n) is 3.22. The van der Waals surface area contributed by atoms with Gasteiger partial charge in [0.1, 0.15) is 0 Å². The summed E-state index contributed by atoms with van der Waals surface area (Å²) in [6, 6.07) is 5.85. The molecule has 0 bridgehead atoms. The fourth-order valence-corrected chi connectivity index (χ4v) is 3.80. The molecular formula is C14H15N3OS3. The predicted molar refractivity (Wildman–Crippen MR) is 91.7 cm³/mol. The van der Waals surface area contributed by atoms with Gasteiger partial charge in [-0.3, -0.25) is 4.57 Å². The number of thiazole rings is 1. The van der Waals surface area contributed by atoms with Crippen molar-refractivity contribution in [2.75, 3.05) is 0 Å². The molecule has 2 heterocycles. The number of hydrogen-bond acceptors (Lipinski definition) is 4. The van der Waals surface area contributed by atoms with Crippen LogP contribution in [0, 0.1) is 14.6 Å². The van der Waals surface area contributed by atoms with Gasteiger partial charge in [-0.1, -0.05) is 13.8 Å². The Morgan fingerprint density at radius 1 is 1.29 bits per heavy atom. The van der Waals surface area contributed by atoms with Crippen LogP contribution in [0.4, 0.5) is 0 Å². The molecule has 7 heteroatoms. The number of imidazole rings is 1. The zero-order valence-electron chi connectivity index (χ0n) is 11.6. The topological polar surface area (TPSA) is 56.7 Å². The summed E-state index contributed by atoms with van der Waals surface area (Å²) in [7, 11) is 0. The first-order valence-electron chi connectivity index (χ1n) is 6.62. The average Bonchev–Trinajstić information content (AvgIpc) is 2.88. The minimum atomic E-state index is 0.187. The maximum absolute atomic E-state index is 10.4. The van der Waals surface area contributed by atoms with Crippen molar-refractivity contribution >= 4 is 46.0 Å². The number of nitrogens with zero attached hydrogens (tertiary/aromatic N) is 1. The molecule has 3 aromatic rings. The Bertz CT molecular complexity index is 914. The van der Waals surface area contributed by atoms with Crippen LogP contribution >= 0.6 is 35.8 Å². The highest BCUT2D eigenvalue weighted by Gasteiger charge is 2.14. The number of aromatic nitrogens is 3. The van der Waals surface area contributed by atoms with Crippen LogP contribution in [-0.4, -0.2) is 19.6 Å². The summed E-state index contributed by atoms with van der Waals surface area (Å²) >= 11 is 12.0. The van der Waals surface area contributed by atoms with Crippen molar-refractivity contribution in [3.63, 3.8) is 0 Å². The van der Waals surface area contributed by atoms with E-state index in [1.165, 1.54) is 11.3 Å². The Labute approximate surface area is 136 Å². The molecule has 0 amide bonds. The summed E-state index contributed by atoms with van der Waals surface area (Å²) in [5.41, 5.74) is 2.61. The van der Waals surface area contributed by atoms with E-state index >= 15 is 0 Å². The molecule has 0 fully saturated rings. The number of benzene rings is 1. The molecule has 0 atom stereocenters. The number of aromatic hydroxyl groups is 1. The number of aromatic amines is 2. The second-order valence-electron chi connectivity index (χ2n) is 5.36. The highest BCUT2D eigenvalue weighted by Crippen LogP contribution is 2.28. The van der Waals surface area contributed by atoms with E-state index in [1.807, 2.05) is 18.2 Å². The van der Waals surface area contributed by atoms with E-state index in [9.17, 15) is 5.11 Å². The smallest absolute Gasteiger partial charge is 0.218 e. The van der Waals surface area contributed by atoms with E-state index in [2.05, 4.69) is 23.8 Å². The normalized spacial score (nSPS) is 11.6. The summed E-state index contributed by atoms with van der Waals surface area (Å²) in [5, 5.41) is 10.4. The first-order valence-corrected chi connectivity index (χ1v) is 8.25. The molecule has 3 N–H and O–H groups in total. The summed E-state index contributed by atoms with van der Waals surface area (Å²) in [4.78, 5) is 6.22. The van der Waals surface area contributed by atoms with Gasteiger partial charge in [-0.2, -0.15) is 0 Å². The van der Waals surface area contributed by atoms with Crippen LogP contribution in [0.2, 0.25) is 0 Å². The summed E-state index contributed by atoms with van der Waals surface area (Å²) < 4.78 is 3.95. The van der Waals surface area contributed by atoms with Gasteiger partial charge in [0.05, 0.1) is 21.6 Å². The summed E-state index contributed by atoms with van der Waals surface area (Å²) in [6.07, 6.45) is 0.758. The minimum Gasteiger partial charge on any atom is -0.493 e. The molecule has 21 heavy (non-hydrogen) atoms. The number of rotatable bonds is 3. The van der Waals surface area contributed by atoms with Gasteiger partial charge in [0.15, 0.2) is 8.73 Å². The van der Waals surface area contributed by atoms with E-state index in [0.717, 1.165) is 32.0 Å². The second-order valence-corrected chi connectivity index (χ2v) is 7.47. The predicted octanol–water partition coefficient (Wildman–Crippen LogP) is 4.71. The first kappa shape index (κ1) is 14.5. The third-order valence-corrected chi connectivity index (χ3v) is 4.70. The van der Waals surface area contributed by atoms with Gasteiger partial charge in [0.2, 0.25) is 5.88 Å². The van der Waals surface area contributed by atoms with E-state index in [-0.39, 0.29) is 5.88 Å². The van der Waals surface area contributed by atoms with Gasteiger partial charge in [0, 0.05) is 0 Å². The molecule has 0 aliphatic carbocycles. The SMILES string of the molecule is CC(C)Cc1[nH]c(=S)n(-c2ccc3[nH]c(=S)sc3c2)c1O. The quantitative estimate of drug-likeness (QED) is 0.607. The van der Waals surface area contributed by atoms with Crippen molar-refractivity contribution in [2.24, 2.45) is 5.92 Å². The number of hydrogen-bond donors (Lipinski definition) is 3. The lowest BCUT2D eigenvalue weighted by Gasteiger charge is -2.06. The van der Waals surface area contributed by atoms with Crippen molar-refractivity contribution < 1.29 is 5.11 Å². The molecule has 0 saturated heterocycles. The summed E-state index contributed by atoms with van der Waals surface area (Å²) in [6.45, 7) is 4.21. The van der Waals surface area contributed by atoms with Crippen molar-refractivity contribution in [2.45, 2.75) is 20.3 Å². The Morgan fingerprint density at radius 3 is 2.76 bits per heavy atom. The van der Waals surface area contributed by atoms with E-state index in [1.54, 1.807) is 4.57 Å². The van der Waals surface area contributed by atoms with Crippen molar-refractivity contribution in [1.82, 2.24) is 14.5 Å². The maximum atomic E-state index is 10.4. The van der Waals surface area contributed by atoms with Crippen LogP contribution in [0.3, 0.4) is 0 Å². The highest BCUT2D eigenvalue weighted by molar-refractivity contribution is 7.73. The monoisotopic (exact) mass is 337 g/mol. The van der Waals surface area contributed by atoms with Gasteiger partial charge in [-0.15, -0.1) is 11.3 Å². The summed E-state index contributed by atoms with van der Waals surface area (Å²) in [5.74, 6) is 0.627. The fraction of sp³-hybridized carbons (Fsp3) is 0.286. The standard InChI is InChI=1S/C14H15N3OS3/c1-7(2)5-10-12(18)17(13(19)15-10)8-3-4-9-11(6-8)21-14(20)16-9/h3-4,6-7,18H,5H2,1-2H3,(H,15,19)(H,16,20). The molecule has 1 aromatic carbocycles. The molecule has 2 aromatic heterocycles. The number of H-pyrrole nitrogens is 2. The zero-order valence-corrected chi connectivity index (χ0v) is 14.1. The van der Waals surface area contributed by atoms with Crippen molar-refractivity contribution in [3.8, 4) is 11.6 Å². The molecule has 3 rings (SSSR count). The molecule has 0 saturated carbocycles. The average molecular weight is 337 g/mol. The van der Waals surface area contributed by atoms with Crippen LogP contribution in [0.5, 0.6) is 5.88 Å². The number of nitrogens with one attached hydrogen (secondary N) is 2. The fourth-order valence-electron chi connectivity index (χ4n) is 2.34. The van der Waals surface area contributed by atoms with Crippen LogP contribution in [0.1, 0.15) is 19.5 Å². The van der Waals surface area contributed by atoms with Crippen LogP contribution in [-0.2, 0) is 6.42 Å². The third kappa shape index (κ3) is 2.68. The Morgan fingerprint density at radius 2 is 2.05 bits per heavy atom. The minimum absolute atomic E-state index is 0.187. The molecule has 110 valence electrons. The molecule has 0 aliphatic rings. The zero-order chi connectivity index (χ0) is 15.1. The van der Waals surface area contributed by atoms with Gasteiger partial charge in [0.25, 0.3) is 0 Å². The lowest BCUT2D eigenvalue weighted by Crippen LogP contribution is -1.96. The second kappa shape index (κ2) is 5.40. The molecule has 0 radical (unpaired) electrons. The molecule has 0 spiro atoms. The van der Waals surface area contributed by atoms with E-state index in [0.29, 0.717) is 10.7 Å². The Kier molecular flexibility index (Phi) is 3.73. The van der Waals surface area contributed by atoms with Gasteiger partial charge >= 0.3 is 0 Å². The number of fused-ring (bicyclic) bond motifs is 1. The molecule has 4 nitrogen and oxygen atoms in total. The van der Waals surface area contributed by atoms with Crippen molar-refractivity contribution in [3.05, 3.63) is 32.6 Å². The molecule has 0 unspecified atom stereocenters. The Balaban J connectivity index is 2.15. The van der Waals surface area contributed by atoms with E-state index < -0.39 is 0 Å². The first-order chi connectivity index (χ1) is 9.95. The lowest BCUT2D eigenvalue weighted by atomic mass is 10.1. The van der Waals surface area contributed by atoms with Crippen LogP contribution in [0.15, 0.2) is 18.2 Å². The Hall–Kier alpha value is -1.44. The van der Waals surface area contributed by atoms with Gasteiger partial charge in [-0.25, -0.2) is 0 Å². The lowest BCUT2D eigenvalue weighted by molar-refractivity contribution is 0.430. The van der Waals surface area contributed by atoms with Crippen LogP contribution in [0.25, 0.3) is 15.9 Å². The van der Waals surface area contributed by atoms with Crippen LogP contribution < -0.4 is 0 Å². The van der Waals surface area contributed by atoms with E-state index in [4.69, 9.17) is 24.4 Å². The van der Waals surface area contributed by atoms with Crippen molar-refractivity contribution in [1.29, 1.82) is 0 Å². The highest BCUT2D eigenvalue weighted by atomic mass is 32.1. The molecular weight excluding hydrogens is 322 g/mol. The maximum Gasteiger partial charge on any atom is 0.218 e. The molecule has 0 aliphatic heterocycles. The van der Waals surface area contributed by atoms with Gasteiger partial charge in [-0.05, 0) is 55.0 Å². The van der Waals surface area contributed by atoms with Gasteiger partial charge < -0.3 is 15.1 Å². The largest absolute Gasteiger partial charge is 0.493 e.